The number of nitrogens with one attached hydrogen (secondary N) is 1. The molecule has 4 aliphatic rings. The molecule has 0 saturated carbocycles. The van der Waals surface area contributed by atoms with Gasteiger partial charge in [-0.05, 0) is 40.5 Å². The number of carbonyl (C=O) groups excluding carboxylic acids is 2. The topological polar surface area (TPSA) is 191 Å². The van der Waals surface area contributed by atoms with Gasteiger partial charge in [-0.25, -0.2) is 4.90 Å². The molecule has 0 spiro atoms. The molecule has 2 bridgehead atoms. The van der Waals surface area contributed by atoms with E-state index in [0.717, 1.165) is 40.3 Å². The van der Waals surface area contributed by atoms with Gasteiger partial charge in [0.1, 0.15) is 11.4 Å². The fourth-order valence-electron chi connectivity index (χ4n) is 7.20. The molecular weight excluding hydrogens is 620 g/mol. The van der Waals surface area contributed by atoms with Crippen molar-refractivity contribution in [3.63, 3.8) is 0 Å². The van der Waals surface area contributed by atoms with E-state index in [0.29, 0.717) is 11.1 Å². The maximum atomic E-state index is 14.5. The number of nitrogens with zero attached hydrogens (tertiary/aromatic N) is 5. The van der Waals surface area contributed by atoms with Crippen LogP contribution in [0.5, 0.6) is 0 Å². The van der Waals surface area contributed by atoms with E-state index in [1.54, 1.807) is 12.1 Å². The van der Waals surface area contributed by atoms with Crippen molar-refractivity contribution in [3.05, 3.63) is 143 Å². The number of nitro benzene ring substituents is 3. The number of nitro groups is 3. The highest BCUT2D eigenvalue weighted by molar-refractivity contribution is 6.31. The number of imide groups is 1. The van der Waals surface area contributed by atoms with E-state index >= 15 is 0 Å². The lowest BCUT2D eigenvalue weighted by Gasteiger charge is -2.52. The van der Waals surface area contributed by atoms with Gasteiger partial charge in [-0.3, -0.25) is 45.4 Å². The third kappa shape index (κ3) is 3.93. The fourth-order valence-corrected chi connectivity index (χ4v) is 7.37. The summed E-state index contributed by atoms with van der Waals surface area (Å²) in [6.07, 6.45) is 1.42. The molecule has 0 radical (unpaired) electrons. The van der Waals surface area contributed by atoms with Crippen molar-refractivity contribution in [1.82, 2.24) is 0 Å². The monoisotopic (exact) mass is 638 g/mol. The molecule has 15 heteroatoms. The smallest absolute Gasteiger partial charge is 0.274 e. The molecule has 2 atom stereocenters. The Hall–Kier alpha value is -6.02. The molecule has 1 aliphatic heterocycles. The SMILES string of the molecule is O=C1[C@@H]2[C@@H](C(=O)N1c1ccc(Cl)cc1[N+](=O)[O-])C1c3ccccc3C2(/C=N\Nc2ccc([N+](=O)[O-])cc2[N+](=O)[O-])c2ccccc21. The molecule has 1 heterocycles. The number of carbonyl (C=O) groups is 2. The maximum Gasteiger partial charge on any atom is 0.301 e. The van der Waals surface area contributed by atoms with Crippen LogP contribution in [-0.4, -0.2) is 32.8 Å². The summed E-state index contributed by atoms with van der Waals surface area (Å²) in [5.41, 5.74) is 2.18. The van der Waals surface area contributed by atoms with E-state index < -0.39 is 66.8 Å². The quantitative estimate of drug-likeness (QED) is 0.114. The van der Waals surface area contributed by atoms with Gasteiger partial charge in [0.05, 0.1) is 38.1 Å². The van der Waals surface area contributed by atoms with Crippen molar-refractivity contribution in [3.8, 4) is 0 Å². The van der Waals surface area contributed by atoms with Gasteiger partial charge in [0.2, 0.25) is 11.8 Å². The van der Waals surface area contributed by atoms with Crippen LogP contribution in [0.4, 0.5) is 28.4 Å². The molecule has 228 valence electrons. The standard InChI is InChI=1S/C31H19ClN6O8/c32-16-9-12-23(25(13-16)38(45)46)35-29(39)27-26-18-5-1-3-7-20(18)31(28(27)30(35)40,21-8-4-2-6-19(21)26)15-33-34-22-11-10-17(36(41)42)14-24(22)37(43)44/h1-15,26-28,34H/b33-15-/t26?,27-,28-,31?/m0/s1. The molecular formula is C31H19ClN6O8. The summed E-state index contributed by atoms with van der Waals surface area (Å²) < 4.78 is 0. The van der Waals surface area contributed by atoms with Gasteiger partial charge in [0, 0.05) is 29.3 Å². The van der Waals surface area contributed by atoms with E-state index in [2.05, 4.69) is 10.5 Å². The molecule has 1 saturated heterocycles. The van der Waals surface area contributed by atoms with E-state index in [1.165, 1.54) is 18.3 Å². The zero-order chi connectivity index (χ0) is 32.5. The molecule has 1 fully saturated rings. The molecule has 4 aromatic rings. The van der Waals surface area contributed by atoms with Gasteiger partial charge in [0.25, 0.3) is 11.4 Å². The van der Waals surface area contributed by atoms with E-state index in [1.807, 2.05) is 36.4 Å². The van der Waals surface area contributed by atoms with Crippen molar-refractivity contribution in [2.24, 2.45) is 16.9 Å². The second-order valence-corrected chi connectivity index (χ2v) is 11.4. The summed E-state index contributed by atoms with van der Waals surface area (Å²) in [5, 5.41) is 39.4. The highest BCUT2D eigenvalue weighted by Gasteiger charge is 2.68. The number of rotatable bonds is 7. The summed E-state index contributed by atoms with van der Waals surface area (Å²) in [4.78, 5) is 62.4. The summed E-state index contributed by atoms with van der Waals surface area (Å²) in [6, 6.07) is 21.3. The number of halogens is 1. The van der Waals surface area contributed by atoms with Crippen molar-refractivity contribution in [2.75, 3.05) is 10.3 Å². The van der Waals surface area contributed by atoms with Crippen molar-refractivity contribution >= 4 is 58.1 Å². The second-order valence-electron chi connectivity index (χ2n) is 11.0. The molecule has 8 rings (SSSR count). The fraction of sp³-hybridized carbons (Fsp3) is 0.129. The van der Waals surface area contributed by atoms with Crippen molar-refractivity contribution < 1.29 is 24.4 Å². The van der Waals surface area contributed by atoms with Crippen LogP contribution in [-0.2, 0) is 15.0 Å². The molecule has 2 amide bonds. The number of anilines is 2. The molecule has 1 N–H and O–H groups in total. The van der Waals surface area contributed by atoms with Gasteiger partial charge in [-0.2, -0.15) is 5.10 Å². The summed E-state index contributed by atoms with van der Waals surface area (Å²) in [5.74, 6) is -3.91. The van der Waals surface area contributed by atoms with Gasteiger partial charge >= 0.3 is 5.69 Å². The zero-order valence-corrected chi connectivity index (χ0v) is 24.0. The summed E-state index contributed by atoms with van der Waals surface area (Å²) in [6.45, 7) is 0. The second kappa shape index (κ2) is 10.3. The first-order valence-electron chi connectivity index (χ1n) is 13.8. The largest absolute Gasteiger partial charge is 0.301 e. The predicted octanol–water partition coefficient (Wildman–Crippen LogP) is 5.71. The van der Waals surface area contributed by atoms with Gasteiger partial charge in [-0.15, -0.1) is 0 Å². The number of hydrogen-bond donors (Lipinski definition) is 1. The zero-order valence-electron chi connectivity index (χ0n) is 23.3. The van der Waals surface area contributed by atoms with Crippen LogP contribution in [0.1, 0.15) is 28.2 Å². The van der Waals surface area contributed by atoms with Crippen LogP contribution in [0.25, 0.3) is 0 Å². The van der Waals surface area contributed by atoms with Crippen LogP contribution < -0.4 is 10.3 Å². The molecule has 3 aliphatic carbocycles. The van der Waals surface area contributed by atoms with Crippen molar-refractivity contribution in [2.45, 2.75) is 11.3 Å². The normalized spacial score (nSPS) is 22.4. The Kier molecular flexibility index (Phi) is 6.42. The maximum absolute atomic E-state index is 14.5. The highest BCUT2D eigenvalue weighted by Crippen LogP contribution is 2.64. The van der Waals surface area contributed by atoms with Gasteiger partial charge in [0.15, 0.2) is 0 Å². The highest BCUT2D eigenvalue weighted by atomic mass is 35.5. The Morgan fingerprint density at radius 2 is 1.41 bits per heavy atom. The Labute approximate surface area is 263 Å². The summed E-state index contributed by atoms with van der Waals surface area (Å²) >= 11 is 6.03. The number of benzene rings is 4. The number of hydrogen-bond acceptors (Lipinski definition) is 10. The molecule has 46 heavy (non-hydrogen) atoms. The van der Waals surface area contributed by atoms with Crippen molar-refractivity contribution in [1.29, 1.82) is 0 Å². The third-order valence-corrected chi connectivity index (χ3v) is 9.14. The first-order valence-corrected chi connectivity index (χ1v) is 14.2. The molecule has 0 aromatic heterocycles. The third-order valence-electron chi connectivity index (χ3n) is 8.90. The number of amides is 2. The van der Waals surface area contributed by atoms with Crippen LogP contribution in [0.3, 0.4) is 0 Å². The van der Waals surface area contributed by atoms with E-state index in [-0.39, 0.29) is 16.4 Å². The number of hydrazone groups is 1. The Bertz CT molecular complexity index is 2040. The Morgan fingerprint density at radius 3 is 2.02 bits per heavy atom. The minimum Gasteiger partial charge on any atom is -0.274 e. The van der Waals surface area contributed by atoms with Gasteiger partial charge < -0.3 is 0 Å². The predicted molar refractivity (Wildman–Crippen MR) is 165 cm³/mol. The average molecular weight is 639 g/mol. The van der Waals surface area contributed by atoms with Gasteiger partial charge in [-0.1, -0.05) is 60.1 Å². The summed E-state index contributed by atoms with van der Waals surface area (Å²) in [7, 11) is 0. The Morgan fingerprint density at radius 1 is 0.783 bits per heavy atom. The molecule has 0 unspecified atom stereocenters. The van der Waals surface area contributed by atoms with Crippen LogP contribution in [0.15, 0.2) is 90.0 Å². The van der Waals surface area contributed by atoms with E-state index in [4.69, 9.17) is 11.6 Å². The lowest BCUT2D eigenvalue weighted by Crippen LogP contribution is -2.54. The lowest BCUT2D eigenvalue weighted by atomic mass is 9.47. The van der Waals surface area contributed by atoms with Crippen LogP contribution in [0.2, 0.25) is 5.02 Å². The first kappa shape index (κ1) is 28.7. The van der Waals surface area contributed by atoms with Crippen LogP contribution in [0, 0.1) is 42.2 Å². The first-order chi connectivity index (χ1) is 22.1. The minimum absolute atomic E-state index is 0.0573. The Balaban J connectivity index is 1.42. The van der Waals surface area contributed by atoms with E-state index in [9.17, 15) is 39.9 Å². The number of non-ortho nitro benzene ring substituents is 1. The lowest BCUT2D eigenvalue weighted by molar-refractivity contribution is -0.393. The molecule has 14 nitrogen and oxygen atoms in total. The minimum atomic E-state index is -1.39. The average Bonchev–Trinajstić information content (AvgIpc) is 3.31. The van der Waals surface area contributed by atoms with Crippen LogP contribution >= 0.6 is 11.6 Å². The molecule has 4 aromatic carbocycles.